The summed E-state index contributed by atoms with van der Waals surface area (Å²) in [4.78, 5) is 0. The predicted molar refractivity (Wildman–Crippen MR) is 267 cm³/mol. The Kier molecular flexibility index (Phi) is 8.61. The molecule has 0 aliphatic rings. The maximum atomic E-state index is 2.41. The molecule has 0 nitrogen and oxygen atoms in total. The molecule has 0 N–H and O–H groups in total. The van der Waals surface area contributed by atoms with Gasteiger partial charge in [0.05, 0.1) is 0 Å². The number of hydrogen-bond donors (Lipinski definition) is 0. The van der Waals surface area contributed by atoms with E-state index in [2.05, 4.69) is 243 Å². The smallest absolute Gasteiger partial charge is 0.00139 e. The van der Waals surface area contributed by atoms with E-state index in [1.807, 2.05) is 0 Å². The first kappa shape index (κ1) is 35.8. The zero-order chi connectivity index (χ0) is 41.0. The third-order valence-corrected chi connectivity index (χ3v) is 12.9. The van der Waals surface area contributed by atoms with Crippen LogP contribution in [0.4, 0.5) is 0 Å². The molecule has 0 radical (unpaired) electrons. The summed E-state index contributed by atoms with van der Waals surface area (Å²) in [6.07, 6.45) is 0. The van der Waals surface area contributed by atoms with Crippen LogP contribution in [0.15, 0.2) is 243 Å². The van der Waals surface area contributed by atoms with Crippen LogP contribution in [0.1, 0.15) is 0 Å². The van der Waals surface area contributed by atoms with Crippen LogP contribution in [0.25, 0.3) is 121 Å². The summed E-state index contributed by atoms with van der Waals surface area (Å²) < 4.78 is 0. The van der Waals surface area contributed by atoms with Gasteiger partial charge in [-0.15, -0.1) is 0 Å². The predicted octanol–water partition coefficient (Wildman–Crippen LogP) is 17.5. The monoisotopic (exact) mass is 784 g/mol. The molecule has 0 heteroatoms. The van der Waals surface area contributed by atoms with Crippen molar-refractivity contribution < 1.29 is 0 Å². The molecule has 0 saturated carbocycles. The number of hydrogen-bond acceptors (Lipinski definition) is 0. The third kappa shape index (κ3) is 6.16. The lowest BCUT2D eigenvalue weighted by Gasteiger charge is -2.18. The van der Waals surface area contributed by atoms with Gasteiger partial charge in [0, 0.05) is 0 Å². The molecule has 0 spiro atoms. The molecule has 0 atom stereocenters. The van der Waals surface area contributed by atoms with E-state index in [-0.39, 0.29) is 0 Å². The number of rotatable bonds is 6. The van der Waals surface area contributed by atoms with Crippen LogP contribution in [0.3, 0.4) is 0 Å². The summed E-state index contributed by atoms with van der Waals surface area (Å²) >= 11 is 0. The van der Waals surface area contributed by atoms with Crippen LogP contribution in [0.5, 0.6) is 0 Å². The lowest BCUT2D eigenvalue weighted by Crippen LogP contribution is -1.90. The maximum absolute atomic E-state index is 2.41. The van der Waals surface area contributed by atoms with Gasteiger partial charge in [-0.05, 0) is 133 Å². The molecule has 288 valence electrons. The molecule has 12 aromatic rings. The molecule has 12 rings (SSSR count). The van der Waals surface area contributed by atoms with Crippen molar-refractivity contribution in [3.8, 4) is 66.8 Å². The molecule has 0 bridgehead atoms. The van der Waals surface area contributed by atoms with Gasteiger partial charge >= 0.3 is 0 Å². The molecular formula is C62H40. The Morgan fingerprint density at radius 3 is 0.645 bits per heavy atom. The highest BCUT2D eigenvalue weighted by Gasteiger charge is 2.17. The highest BCUT2D eigenvalue weighted by Crippen LogP contribution is 2.45. The number of benzene rings is 12. The van der Waals surface area contributed by atoms with Crippen molar-refractivity contribution in [2.75, 3.05) is 0 Å². The minimum absolute atomic E-state index is 1.21. The third-order valence-electron chi connectivity index (χ3n) is 12.9. The van der Waals surface area contributed by atoms with E-state index in [1.165, 1.54) is 121 Å². The fourth-order valence-electron chi connectivity index (χ4n) is 9.71. The second-order valence-corrected chi connectivity index (χ2v) is 16.4. The average Bonchev–Trinajstić information content (AvgIpc) is 3.36. The van der Waals surface area contributed by atoms with E-state index >= 15 is 0 Å². The summed E-state index contributed by atoms with van der Waals surface area (Å²) in [5.74, 6) is 0. The van der Waals surface area contributed by atoms with Crippen LogP contribution >= 0.6 is 0 Å². The second-order valence-electron chi connectivity index (χ2n) is 16.4. The van der Waals surface area contributed by atoms with E-state index < -0.39 is 0 Å². The van der Waals surface area contributed by atoms with Crippen molar-refractivity contribution in [1.82, 2.24) is 0 Å². The Balaban J connectivity index is 0.929. The lowest BCUT2D eigenvalue weighted by atomic mass is 9.85. The topological polar surface area (TPSA) is 0 Å². The molecule has 0 aliphatic carbocycles. The van der Waals surface area contributed by atoms with E-state index in [9.17, 15) is 0 Å². The first-order valence-corrected chi connectivity index (χ1v) is 21.5. The van der Waals surface area contributed by atoms with E-state index in [0.29, 0.717) is 0 Å². The molecule has 0 saturated heterocycles. The Bertz CT molecular complexity index is 3360. The first-order chi connectivity index (χ1) is 30.7. The molecule has 0 unspecified atom stereocenters. The minimum Gasteiger partial charge on any atom is -0.0622 e. The zero-order valence-corrected chi connectivity index (χ0v) is 34.1. The second kappa shape index (κ2) is 14.9. The summed E-state index contributed by atoms with van der Waals surface area (Å²) in [6.45, 7) is 0. The molecule has 0 amide bonds. The Labute approximate surface area is 361 Å². The van der Waals surface area contributed by atoms with Gasteiger partial charge in [0.1, 0.15) is 0 Å². The highest BCUT2D eigenvalue weighted by atomic mass is 14.2. The van der Waals surface area contributed by atoms with Crippen LogP contribution in [0, 0.1) is 0 Å². The van der Waals surface area contributed by atoms with Crippen LogP contribution in [-0.4, -0.2) is 0 Å². The van der Waals surface area contributed by atoms with Crippen molar-refractivity contribution in [3.05, 3.63) is 243 Å². The van der Waals surface area contributed by atoms with Crippen LogP contribution in [-0.2, 0) is 0 Å². The van der Waals surface area contributed by atoms with Crippen molar-refractivity contribution in [2.45, 2.75) is 0 Å². The summed E-state index contributed by atoms with van der Waals surface area (Å²) in [7, 11) is 0. The Hall–Kier alpha value is -8.06. The molecule has 0 aliphatic heterocycles. The minimum atomic E-state index is 1.21. The van der Waals surface area contributed by atoms with Crippen molar-refractivity contribution in [1.29, 1.82) is 0 Å². The van der Waals surface area contributed by atoms with E-state index in [4.69, 9.17) is 0 Å². The zero-order valence-electron chi connectivity index (χ0n) is 34.1. The normalized spacial score (nSPS) is 11.5. The SMILES string of the molecule is c1ccc(-c2ccc(-c3ccc(-c4ccc5c(c4)c4ccccc4c4c6ccc(-c7ccc(-c8ccc(-c9ccccc9)cc8)cc7)cc6c6ccccc6c54)cc3)cc2)cc1. The number of fused-ring (bicyclic) bond motifs is 11. The highest BCUT2D eigenvalue weighted by molar-refractivity contribution is 6.39. The Morgan fingerprint density at radius 2 is 0.339 bits per heavy atom. The van der Waals surface area contributed by atoms with Gasteiger partial charge in [-0.25, -0.2) is 0 Å². The van der Waals surface area contributed by atoms with Crippen LogP contribution < -0.4 is 0 Å². The van der Waals surface area contributed by atoms with Gasteiger partial charge in [-0.1, -0.05) is 231 Å². The van der Waals surface area contributed by atoms with E-state index in [0.717, 1.165) is 0 Å². The molecule has 0 aromatic heterocycles. The molecular weight excluding hydrogens is 745 g/mol. The van der Waals surface area contributed by atoms with Crippen molar-refractivity contribution in [2.24, 2.45) is 0 Å². The Morgan fingerprint density at radius 1 is 0.129 bits per heavy atom. The quantitative estimate of drug-likeness (QED) is 0.147. The van der Waals surface area contributed by atoms with Crippen molar-refractivity contribution in [3.63, 3.8) is 0 Å². The fourth-order valence-corrected chi connectivity index (χ4v) is 9.71. The molecule has 0 heterocycles. The molecule has 12 aromatic carbocycles. The molecule has 62 heavy (non-hydrogen) atoms. The van der Waals surface area contributed by atoms with E-state index in [1.54, 1.807) is 0 Å². The lowest BCUT2D eigenvalue weighted by molar-refractivity contribution is 1.58. The summed E-state index contributed by atoms with van der Waals surface area (Å²) in [6, 6.07) is 89.1. The van der Waals surface area contributed by atoms with Gasteiger partial charge in [-0.2, -0.15) is 0 Å². The van der Waals surface area contributed by atoms with Crippen molar-refractivity contribution >= 4 is 53.9 Å². The fraction of sp³-hybridized carbons (Fsp3) is 0. The van der Waals surface area contributed by atoms with Gasteiger partial charge in [0.25, 0.3) is 0 Å². The maximum Gasteiger partial charge on any atom is -0.00139 e. The average molecular weight is 785 g/mol. The van der Waals surface area contributed by atoms with Gasteiger partial charge < -0.3 is 0 Å². The standard InChI is InChI=1S/C62H40/c1-3-11-41(12-4-1)43-19-23-45(24-20-43)47-27-31-49(32-28-47)51-35-37-57-59(39-51)53-15-7-9-17-55(53)62-58-38-36-52(40-60(58)54-16-8-10-18-56(54)61(57)62)50-33-29-48(30-34-50)46-25-21-44(22-26-46)42-13-5-2-6-14-42/h1-40H. The van der Waals surface area contributed by atoms with Gasteiger partial charge in [0.2, 0.25) is 0 Å². The van der Waals surface area contributed by atoms with Gasteiger partial charge in [0.15, 0.2) is 0 Å². The van der Waals surface area contributed by atoms with Gasteiger partial charge in [-0.3, -0.25) is 0 Å². The molecule has 0 fully saturated rings. The first-order valence-electron chi connectivity index (χ1n) is 21.5. The largest absolute Gasteiger partial charge is 0.0622 e. The van der Waals surface area contributed by atoms with Crippen LogP contribution in [0.2, 0.25) is 0 Å². The summed E-state index contributed by atoms with van der Waals surface area (Å²) in [5, 5.41) is 12.9. The summed E-state index contributed by atoms with van der Waals surface area (Å²) in [5.41, 5.74) is 14.7.